The third-order valence-electron chi connectivity index (χ3n) is 4.03. The Bertz CT molecular complexity index is 650. The van der Waals surface area contributed by atoms with Crippen LogP contribution in [0.25, 0.3) is 0 Å². The molecule has 0 saturated heterocycles. The topological polar surface area (TPSA) is 47.3 Å². The Balaban J connectivity index is 2.58. The molecule has 0 spiro atoms. The molecule has 1 atom stereocenters. The zero-order chi connectivity index (χ0) is 15.6. The zero-order valence-electron chi connectivity index (χ0n) is 13.4. The molecule has 0 bridgehead atoms. The van der Waals surface area contributed by atoms with Gasteiger partial charge in [0, 0.05) is 5.56 Å². The summed E-state index contributed by atoms with van der Waals surface area (Å²) in [7, 11) is 1.70. The number of rotatable bonds is 4. The molecule has 1 unspecified atom stereocenters. The highest BCUT2D eigenvalue weighted by molar-refractivity contribution is 5.49. The second-order valence-electron chi connectivity index (χ2n) is 5.64. The fraction of sp³-hybridized carbons (Fsp3) is 0.333. The third kappa shape index (κ3) is 3.09. The molecule has 21 heavy (non-hydrogen) atoms. The van der Waals surface area contributed by atoms with Crippen molar-refractivity contribution in [1.82, 2.24) is 5.43 Å². The number of hydrogen-bond acceptors (Lipinski definition) is 3. The molecule has 3 N–H and O–H groups in total. The highest BCUT2D eigenvalue weighted by Crippen LogP contribution is 2.34. The van der Waals surface area contributed by atoms with Gasteiger partial charge in [0.25, 0.3) is 0 Å². The van der Waals surface area contributed by atoms with Crippen molar-refractivity contribution in [2.24, 2.45) is 5.84 Å². The van der Waals surface area contributed by atoms with Gasteiger partial charge in [0.05, 0.1) is 13.2 Å². The van der Waals surface area contributed by atoms with Crippen molar-refractivity contribution in [2.75, 3.05) is 7.11 Å². The van der Waals surface area contributed by atoms with E-state index in [1.54, 1.807) is 7.11 Å². The van der Waals surface area contributed by atoms with E-state index in [0.717, 1.165) is 16.9 Å². The summed E-state index contributed by atoms with van der Waals surface area (Å²) in [5.41, 5.74) is 10.1. The predicted octanol–water partition coefficient (Wildman–Crippen LogP) is 3.48. The summed E-state index contributed by atoms with van der Waals surface area (Å²) in [4.78, 5) is 0. The highest BCUT2D eigenvalue weighted by atomic mass is 16.5. The molecule has 2 rings (SSSR count). The Labute approximate surface area is 127 Å². The third-order valence-corrected chi connectivity index (χ3v) is 4.03. The first kappa shape index (κ1) is 15.5. The van der Waals surface area contributed by atoms with E-state index >= 15 is 0 Å². The van der Waals surface area contributed by atoms with Crippen molar-refractivity contribution in [1.29, 1.82) is 0 Å². The molecule has 0 saturated carbocycles. The molecule has 0 heterocycles. The van der Waals surface area contributed by atoms with Gasteiger partial charge in [-0.3, -0.25) is 5.84 Å². The summed E-state index contributed by atoms with van der Waals surface area (Å²) in [5, 5.41) is 0. The number of methoxy groups -OCH3 is 1. The van der Waals surface area contributed by atoms with Crippen molar-refractivity contribution in [3.8, 4) is 5.75 Å². The van der Waals surface area contributed by atoms with Gasteiger partial charge >= 0.3 is 0 Å². The van der Waals surface area contributed by atoms with Crippen LogP contribution in [0.5, 0.6) is 5.75 Å². The number of nitrogens with two attached hydrogens (primary N) is 1. The highest BCUT2D eigenvalue weighted by Gasteiger charge is 2.20. The SMILES string of the molecule is COc1cc(C)cc(C)c1C(NN)c1ccc(C)c(C)c1. The van der Waals surface area contributed by atoms with Crippen LogP contribution < -0.4 is 16.0 Å². The minimum absolute atomic E-state index is 0.0835. The van der Waals surface area contributed by atoms with Crippen molar-refractivity contribution in [3.05, 3.63) is 63.7 Å². The lowest BCUT2D eigenvalue weighted by molar-refractivity contribution is 0.403. The number of aryl methyl sites for hydroxylation is 4. The molecule has 0 aliphatic rings. The number of ether oxygens (including phenoxy) is 1. The van der Waals surface area contributed by atoms with Crippen LogP contribution in [0.3, 0.4) is 0 Å². The van der Waals surface area contributed by atoms with Crippen LogP contribution in [0.2, 0.25) is 0 Å². The Kier molecular flexibility index (Phi) is 4.66. The summed E-state index contributed by atoms with van der Waals surface area (Å²) < 4.78 is 5.57. The van der Waals surface area contributed by atoms with Crippen molar-refractivity contribution in [2.45, 2.75) is 33.7 Å². The number of nitrogens with one attached hydrogen (secondary N) is 1. The van der Waals surface area contributed by atoms with Gasteiger partial charge in [-0.15, -0.1) is 0 Å². The molecule has 3 heteroatoms. The summed E-state index contributed by atoms with van der Waals surface area (Å²) in [6.07, 6.45) is 0. The van der Waals surface area contributed by atoms with Crippen LogP contribution in [-0.2, 0) is 0 Å². The minimum Gasteiger partial charge on any atom is -0.496 e. The Hall–Kier alpha value is -1.84. The maximum absolute atomic E-state index is 5.85. The van der Waals surface area contributed by atoms with Gasteiger partial charge in [0.15, 0.2) is 0 Å². The van der Waals surface area contributed by atoms with E-state index < -0.39 is 0 Å². The first-order chi connectivity index (χ1) is 9.97. The predicted molar refractivity (Wildman–Crippen MR) is 87.6 cm³/mol. The molecule has 2 aromatic rings. The molecule has 0 aliphatic carbocycles. The normalized spacial score (nSPS) is 12.3. The molecule has 0 amide bonds. The van der Waals surface area contributed by atoms with Crippen molar-refractivity contribution >= 4 is 0 Å². The fourth-order valence-electron chi connectivity index (χ4n) is 2.77. The second kappa shape index (κ2) is 6.29. The van der Waals surface area contributed by atoms with Gasteiger partial charge in [-0.1, -0.05) is 24.3 Å². The second-order valence-corrected chi connectivity index (χ2v) is 5.64. The monoisotopic (exact) mass is 284 g/mol. The van der Waals surface area contributed by atoms with Gasteiger partial charge in [0.2, 0.25) is 0 Å². The smallest absolute Gasteiger partial charge is 0.124 e. The summed E-state index contributed by atoms with van der Waals surface area (Å²) in [6, 6.07) is 10.5. The molecule has 0 fully saturated rings. The van der Waals surface area contributed by atoms with Crippen LogP contribution in [0.4, 0.5) is 0 Å². The lowest BCUT2D eigenvalue weighted by Crippen LogP contribution is -2.30. The maximum atomic E-state index is 5.85. The standard InChI is InChI=1S/C18H24N2O/c1-11-8-14(4)17(16(9-11)21-5)18(20-19)15-7-6-12(2)13(3)10-15/h6-10,18,20H,19H2,1-5H3. The Morgan fingerprint density at radius 3 is 2.24 bits per heavy atom. The van der Waals surface area contributed by atoms with E-state index in [-0.39, 0.29) is 6.04 Å². The van der Waals surface area contributed by atoms with E-state index in [1.165, 1.54) is 22.3 Å². The molecule has 112 valence electrons. The minimum atomic E-state index is -0.0835. The van der Waals surface area contributed by atoms with Gasteiger partial charge < -0.3 is 4.74 Å². The van der Waals surface area contributed by atoms with Crippen LogP contribution in [0.1, 0.15) is 39.4 Å². The molecular weight excluding hydrogens is 260 g/mol. The van der Waals surface area contributed by atoms with E-state index in [1.807, 2.05) is 6.07 Å². The van der Waals surface area contributed by atoms with Crippen LogP contribution >= 0.6 is 0 Å². The fourth-order valence-corrected chi connectivity index (χ4v) is 2.77. The average Bonchev–Trinajstić information content (AvgIpc) is 2.45. The van der Waals surface area contributed by atoms with Crippen LogP contribution in [0, 0.1) is 27.7 Å². The van der Waals surface area contributed by atoms with Gasteiger partial charge in [-0.2, -0.15) is 0 Å². The van der Waals surface area contributed by atoms with E-state index in [0.29, 0.717) is 0 Å². The van der Waals surface area contributed by atoms with Gasteiger partial charge in [-0.25, -0.2) is 5.43 Å². The summed E-state index contributed by atoms with van der Waals surface area (Å²) in [5.74, 6) is 6.72. The van der Waals surface area contributed by atoms with Gasteiger partial charge in [0.1, 0.15) is 5.75 Å². The molecule has 0 radical (unpaired) electrons. The Morgan fingerprint density at radius 1 is 0.952 bits per heavy atom. The Morgan fingerprint density at radius 2 is 1.67 bits per heavy atom. The summed E-state index contributed by atoms with van der Waals surface area (Å²) >= 11 is 0. The quantitative estimate of drug-likeness (QED) is 0.667. The maximum Gasteiger partial charge on any atom is 0.124 e. The van der Waals surface area contributed by atoms with Crippen molar-refractivity contribution < 1.29 is 4.74 Å². The lowest BCUT2D eigenvalue weighted by Gasteiger charge is -2.23. The average molecular weight is 284 g/mol. The molecule has 3 nitrogen and oxygen atoms in total. The number of hydrazine groups is 1. The van der Waals surface area contributed by atoms with E-state index in [2.05, 4.69) is 57.4 Å². The van der Waals surface area contributed by atoms with Crippen LogP contribution in [0.15, 0.2) is 30.3 Å². The molecule has 0 aromatic heterocycles. The largest absolute Gasteiger partial charge is 0.496 e. The first-order valence-corrected chi connectivity index (χ1v) is 7.16. The molecule has 0 aliphatic heterocycles. The molecule has 2 aromatic carbocycles. The van der Waals surface area contributed by atoms with E-state index in [4.69, 9.17) is 10.6 Å². The van der Waals surface area contributed by atoms with Crippen molar-refractivity contribution in [3.63, 3.8) is 0 Å². The number of benzene rings is 2. The van der Waals surface area contributed by atoms with Gasteiger partial charge in [-0.05, 0) is 61.6 Å². The zero-order valence-corrected chi connectivity index (χ0v) is 13.4. The first-order valence-electron chi connectivity index (χ1n) is 7.16. The van der Waals surface area contributed by atoms with Crippen LogP contribution in [-0.4, -0.2) is 7.11 Å². The summed E-state index contributed by atoms with van der Waals surface area (Å²) in [6.45, 7) is 8.39. The molecular formula is C18H24N2O. The van der Waals surface area contributed by atoms with E-state index in [9.17, 15) is 0 Å². The number of hydrogen-bond donors (Lipinski definition) is 2. The lowest BCUT2D eigenvalue weighted by atomic mass is 9.91.